The molecular formula is C18H20ClNO2. The van der Waals surface area contributed by atoms with Crippen LogP contribution in [0.1, 0.15) is 24.5 Å². The van der Waals surface area contributed by atoms with Crippen LogP contribution in [0.5, 0.6) is 5.75 Å². The van der Waals surface area contributed by atoms with Gasteiger partial charge in [0.25, 0.3) is 5.91 Å². The minimum Gasteiger partial charge on any atom is -0.480 e. The van der Waals surface area contributed by atoms with Crippen LogP contribution >= 0.6 is 11.6 Å². The van der Waals surface area contributed by atoms with Crippen LogP contribution in [0, 0.1) is 13.8 Å². The van der Waals surface area contributed by atoms with E-state index in [1.807, 2.05) is 39.0 Å². The zero-order valence-corrected chi connectivity index (χ0v) is 13.8. The molecule has 2 rings (SSSR count). The fourth-order valence-electron chi connectivity index (χ4n) is 2.16. The quantitative estimate of drug-likeness (QED) is 0.864. The fourth-order valence-corrected chi connectivity index (χ4v) is 2.29. The number of halogens is 1. The Labute approximate surface area is 136 Å². The summed E-state index contributed by atoms with van der Waals surface area (Å²) in [5, 5.41) is 3.48. The highest BCUT2D eigenvalue weighted by Gasteiger charge is 2.19. The molecule has 0 heterocycles. The number of hydrogen-bond donors (Lipinski definition) is 1. The van der Waals surface area contributed by atoms with Gasteiger partial charge < -0.3 is 10.1 Å². The minimum absolute atomic E-state index is 0.162. The molecule has 0 aliphatic rings. The van der Waals surface area contributed by atoms with Crippen molar-refractivity contribution < 1.29 is 9.53 Å². The van der Waals surface area contributed by atoms with Crippen molar-refractivity contribution in [3.8, 4) is 5.75 Å². The van der Waals surface area contributed by atoms with E-state index in [1.54, 1.807) is 24.3 Å². The summed E-state index contributed by atoms with van der Waals surface area (Å²) in [6.07, 6.45) is 0.0595. The van der Waals surface area contributed by atoms with Crippen LogP contribution in [0.3, 0.4) is 0 Å². The van der Waals surface area contributed by atoms with Gasteiger partial charge in [0.05, 0.1) is 0 Å². The zero-order valence-electron chi connectivity index (χ0n) is 13.0. The minimum atomic E-state index is -0.530. The highest BCUT2D eigenvalue weighted by molar-refractivity contribution is 6.30. The Morgan fingerprint density at radius 3 is 2.45 bits per heavy atom. The summed E-state index contributed by atoms with van der Waals surface area (Å²) in [6, 6.07) is 12.9. The van der Waals surface area contributed by atoms with Crippen molar-refractivity contribution in [3.63, 3.8) is 0 Å². The van der Waals surface area contributed by atoms with Gasteiger partial charge in [-0.15, -0.1) is 0 Å². The van der Waals surface area contributed by atoms with Crippen LogP contribution < -0.4 is 10.1 Å². The SMILES string of the molecule is CCC(Oc1ccc(C)cc1C)C(=O)Nc1ccc(Cl)cc1. The van der Waals surface area contributed by atoms with E-state index in [-0.39, 0.29) is 5.91 Å². The Morgan fingerprint density at radius 2 is 1.86 bits per heavy atom. The number of carbonyl (C=O) groups excluding carboxylic acids is 1. The summed E-state index contributed by atoms with van der Waals surface area (Å²) in [5.74, 6) is 0.577. The van der Waals surface area contributed by atoms with Crippen LogP contribution in [-0.4, -0.2) is 12.0 Å². The first-order valence-electron chi connectivity index (χ1n) is 7.30. The third-order valence-electron chi connectivity index (χ3n) is 3.37. The highest BCUT2D eigenvalue weighted by atomic mass is 35.5. The largest absolute Gasteiger partial charge is 0.480 e. The summed E-state index contributed by atoms with van der Waals surface area (Å²) in [5.41, 5.74) is 2.90. The molecule has 1 amide bonds. The van der Waals surface area contributed by atoms with Gasteiger partial charge >= 0.3 is 0 Å². The predicted molar refractivity (Wildman–Crippen MR) is 90.7 cm³/mol. The van der Waals surface area contributed by atoms with Crippen molar-refractivity contribution in [1.82, 2.24) is 0 Å². The zero-order chi connectivity index (χ0) is 16.1. The Bertz CT molecular complexity index is 653. The maximum Gasteiger partial charge on any atom is 0.265 e. The molecule has 3 nitrogen and oxygen atoms in total. The van der Waals surface area contributed by atoms with Gasteiger partial charge in [-0.05, 0) is 56.2 Å². The Kier molecular flexibility index (Phi) is 5.45. The number of anilines is 1. The van der Waals surface area contributed by atoms with Crippen LogP contribution in [0.25, 0.3) is 0 Å². The molecule has 0 aromatic heterocycles. The van der Waals surface area contributed by atoms with E-state index in [9.17, 15) is 4.79 Å². The maximum absolute atomic E-state index is 12.3. The topological polar surface area (TPSA) is 38.3 Å². The summed E-state index contributed by atoms with van der Waals surface area (Å²) < 4.78 is 5.87. The molecule has 0 aliphatic heterocycles. The van der Waals surface area contributed by atoms with Gasteiger partial charge in [-0.25, -0.2) is 0 Å². The molecule has 1 atom stereocenters. The molecule has 0 fully saturated rings. The standard InChI is InChI=1S/C18H20ClNO2/c1-4-16(22-17-10-5-12(2)11-13(17)3)18(21)20-15-8-6-14(19)7-9-15/h5-11,16H,4H2,1-3H3,(H,20,21). The molecule has 2 aromatic carbocycles. The van der Waals surface area contributed by atoms with Crippen molar-refractivity contribution in [3.05, 3.63) is 58.6 Å². The third-order valence-corrected chi connectivity index (χ3v) is 3.63. The lowest BCUT2D eigenvalue weighted by Gasteiger charge is -2.19. The first-order valence-corrected chi connectivity index (χ1v) is 7.67. The molecule has 0 radical (unpaired) electrons. The number of amides is 1. The first-order chi connectivity index (χ1) is 10.5. The monoisotopic (exact) mass is 317 g/mol. The second-order valence-electron chi connectivity index (χ2n) is 5.28. The lowest BCUT2D eigenvalue weighted by molar-refractivity contribution is -0.122. The number of rotatable bonds is 5. The molecule has 2 aromatic rings. The van der Waals surface area contributed by atoms with Crippen LogP contribution in [0.4, 0.5) is 5.69 Å². The molecule has 0 spiro atoms. The van der Waals surface area contributed by atoms with Crippen molar-refractivity contribution >= 4 is 23.2 Å². The number of benzene rings is 2. The highest BCUT2D eigenvalue weighted by Crippen LogP contribution is 2.21. The lowest BCUT2D eigenvalue weighted by atomic mass is 10.1. The van der Waals surface area contributed by atoms with Crippen LogP contribution in [-0.2, 0) is 4.79 Å². The van der Waals surface area contributed by atoms with E-state index in [0.717, 1.165) is 11.3 Å². The van der Waals surface area contributed by atoms with Gasteiger partial charge in [0, 0.05) is 10.7 Å². The Hall–Kier alpha value is -2.00. The molecule has 0 saturated heterocycles. The maximum atomic E-state index is 12.3. The van der Waals surface area contributed by atoms with E-state index in [0.29, 0.717) is 17.1 Å². The van der Waals surface area contributed by atoms with Gasteiger partial charge in [-0.1, -0.05) is 36.2 Å². The normalized spacial score (nSPS) is 11.8. The average molecular weight is 318 g/mol. The lowest BCUT2D eigenvalue weighted by Crippen LogP contribution is -2.32. The number of nitrogens with one attached hydrogen (secondary N) is 1. The molecule has 22 heavy (non-hydrogen) atoms. The van der Waals surface area contributed by atoms with Gasteiger partial charge in [-0.2, -0.15) is 0 Å². The molecule has 1 N–H and O–H groups in total. The van der Waals surface area contributed by atoms with E-state index in [4.69, 9.17) is 16.3 Å². The third kappa shape index (κ3) is 4.25. The summed E-state index contributed by atoms with van der Waals surface area (Å²) in [7, 11) is 0. The fraction of sp³-hybridized carbons (Fsp3) is 0.278. The van der Waals surface area contributed by atoms with E-state index >= 15 is 0 Å². The molecule has 116 valence electrons. The number of ether oxygens (including phenoxy) is 1. The predicted octanol–water partition coefficient (Wildman–Crippen LogP) is 4.75. The number of carbonyl (C=O) groups is 1. The average Bonchev–Trinajstić information content (AvgIpc) is 2.49. The molecule has 1 unspecified atom stereocenters. The van der Waals surface area contributed by atoms with Crippen molar-refractivity contribution in [2.45, 2.75) is 33.3 Å². The summed E-state index contributed by atoms with van der Waals surface area (Å²) in [6.45, 7) is 5.93. The van der Waals surface area contributed by atoms with Gasteiger partial charge in [0.15, 0.2) is 6.10 Å². The second kappa shape index (κ2) is 7.32. The van der Waals surface area contributed by atoms with Gasteiger partial charge in [-0.3, -0.25) is 4.79 Å². The van der Waals surface area contributed by atoms with Crippen LogP contribution in [0.2, 0.25) is 5.02 Å². The molecule has 4 heteroatoms. The van der Waals surface area contributed by atoms with Gasteiger partial charge in [0.1, 0.15) is 5.75 Å². The Morgan fingerprint density at radius 1 is 1.18 bits per heavy atom. The van der Waals surface area contributed by atoms with Crippen LogP contribution in [0.15, 0.2) is 42.5 Å². The van der Waals surface area contributed by atoms with Crippen molar-refractivity contribution in [2.24, 2.45) is 0 Å². The molecule has 0 aliphatic carbocycles. The molecular weight excluding hydrogens is 298 g/mol. The smallest absolute Gasteiger partial charge is 0.265 e. The summed E-state index contributed by atoms with van der Waals surface area (Å²) >= 11 is 5.84. The second-order valence-corrected chi connectivity index (χ2v) is 5.72. The summed E-state index contributed by atoms with van der Waals surface area (Å²) in [4.78, 5) is 12.3. The van der Waals surface area contributed by atoms with Crippen molar-refractivity contribution in [1.29, 1.82) is 0 Å². The Balaban J connectivity index is 2.07. The van der Waals surface area contributed by atoms with Gasteiger partial charge in [0.2, 0.25) is 0 Å². The number of hydrogen-bond acceptors (Lipinski definition) is 2. The van der Waals surface area contributed by atoms with E-state index in [2.05, 4.69) is 5.32 Å². The van der Waals surface area contributed by atoms with Crippen molar-refractivity contribution in [2.75, 3.05) is 5.32 Å². The van der Waals surface area contributed by atoms with E-state index < -0.39 is 6.10 Å². The molecule has 0 saturated carbocycles. The van der Waals surface area contributed by atoms with E-state index in [1.165, 1.54) is 5.56 Å². The molecule has 0 bridgehead atoms. The first kappa shape index (κ1) is 16.4. The number of aryl methyl sites for hydroxylation is 2.